The maximum absolute atomic E-state index is 6.45. The number of morpholine rings is 1. The zero-order chi connectivity index (χ0) is 31.0. The van der Waals surface area contributed by atoms with Gasteiger partial charge in [-0.25, -0.2) is 19.6 Å². The van der Waals surface area contributed by atoms with Gasteiger partial charge in [-0.05, 0) is 50.3 Å². The molecular weight excluding hydrogens is 598 g/mol. The van der Waals surface area contributed by atoms with Crippen LogP contribution in [0.15, 0.2) is 49.4 Å². The Morgan fingerprint density at radius 2 is 1.82 bits per heavy atom. The average Bonchev–Trinajstić information content (AvgIpc) is 3.73. The second kappa shape index (κ2) is 15.0. The number of methoxy groups -OCH3 is 1. The summed E-state index contributed by atoms with van der Waals surface area (Å²) in [6, 6.07) is 6.56. The molecule has 1 N–H and O–H groups in total. The number of ether oxygens (including phenoxy) is 4. The first kappa shape index (κ1) is 31.2. The predicted octanol–water partition coefficient (Wildman–Crippen LogP) is 4.64. The van der Waals surface area contributed by atoms with Gasteiger partial charge in [-0.2, -0.15) is 5.10 Å². The van der Waals surface area contributed by atoms with E-state index in [1.165, 1.54) is 6.33 Å². The van der Waals surface area contributed by atoms with Gasteiger partial charge in [0.25, 0.3) is 5.88 Å². The summed E-state index contributed by atoms with van der Waals surface area (Å²) < 4.78 is 26.6. The first-order valence-corrected chi connectivity index (χ1v) is 15.8. The molecule has 1 atom stereocenters. The van der Waals surface area contributed by atoms with E-state index in [1.807, 2.05) is 36.0 Å². The van der Waals surface area contributed by atoms with Gasteiger partial charge in [0.1, 0.15) is 36.8 Å². The minimum absolute atomic E-state index is 0.164. The minimum atomic E-state index is -0.164. The summed E-state index contributed by atoms with van der Waals surface area (Å²) in [7, 11) is 1.65. The molecule has 0 unspecified atom stereocenters. The SMILES string of the molecule is COCCOc1nn(C2CCC(N3CCOCC3)CC2)cc1Nc1ncc(-c2ccc(Cl)c(O[C@@H](C)Cn3cncn3)c2)cn1. The van der Waals surface area contributed by atoms with Gasteiger partial charge in [0, 0.05) is 44.2 Å². The smallest absolute Gasteiger partial charge is 0.257 e. The molecule has 0 bridgehead atoms. The third-order valence-corrected chi connectivity index (χ3v) is 8.54. The van der Waals surface area contributed by atoms with Crippen molar-refractivity contribution in [1.82, 2.24) is 39.4 Å². The Bertz CT molecular complexity index is 1490. The van der Waals surface area contributed by atoms with E-state index in [2.05, 4.69) is 30.3 Å². The van der Waals surface area contributed by atoms with Crippen LogP contribution in [0.1, 0.15) is 38.6 Å². The third-order valence-electron chi connectivity index (χ3n) is 8.23. The molecule has 4 heterocycles. The number of benzene rings is 1. The molecule has 4 aromatic rings. The van der Waals surface area contributed by atoms with E-state index in [0.29, 0.717) is 54.4 Å². The van der Waals surface area contributed by atoms with E-state index in [0.717, 1.165) is 68.8 Å². The van der Waals surface area contributed by atoms with Crippen molar-refractivity contribution in [2.24, 2.45) is 0 Å². The Hall–Kier alpha value is -3.78. The van der Waals surface area contributed by atoms with E-state index >= 15 is 0 Å². The number of hydrogen-bond donors (Lipinski definition) is 1. The summed E-state index contributed by atoms with van der Waals surface area (Å²) in [5.74, 6) is 1.53. The van der Waals surface area contributed by atoms with E-state index in [1.54, 1.807) is 30.5 Å². The van der Waals surface area contributed by atoms with Crippen molar-refractivity contribution in [3.8, 4) is 22.8 Å². The maximum Gasteiger partial charge on any atom is 0.257 e. The second-order valence-electron chi connectivity index (χ2n) is 11.4. The fourth-order valence-electron chi connectivity index (χ4n) is 5.89. The summed E-state index contributed by atoms with van der Waals surface area (Å²) in [5.41, 5.74) is 2.44. The van der Waals surface area contributed by atoms with Gasteiger partial charge >= 0.3 is 0 Å². The monoisotopic (exact) mass is 637 g/mol. The molecule has 0 spiro atoms. The highest BCUT2D eigenvalue weighted by Crippen LogP contribution is 2.35. The summed E-state index contributed by atoms with van der Waals surface area (Å²) >= 11 is 6.45. The molecule has 240 valence electrons. The van der Waals surface area contributed by atoms with Gasteiger partial charge in [0.05, 0.1) is 43.6 Å². The van der Waals surface area contributed by atoms with Crippen LogP contribution >= 0.6 is 11.6 Å². The van der Waals surface area contributed by atoms with E-state index in [-0.39, 0.29) is 6.10 Å². The van der Waals surface area contributed by atoms with Gasteiger partial charge in [0.15, 0.2) is 0 Å². The largest absolute Gasteiger partial charge is 0.487 e. The number of nitrogens with one attached hydrogen (secondary N) is 1. The zero-order valence-corrected chi connectivity index (χ0v) is 26.5. The molecule has 1 saturated carbocycles. The maximum atomic E-state index is 6.45. The van der Waals surface area contributed by atoms with Crippen molar-refractivity contribution in [2.45, 2.75) is 57.3 Å². The summed E-state index contributed by atoms with van der Waals surface area (Å²) in [6.45, 7) is 7.09. The summed E-state index contributed by atoms with van der Waals surface area (Å²) in [6.07, 6.45) is 13.0. The molecule has 1 aliphatic heterocycles. The number of nitrogens with zero attached hydrogens (tertiary/aromatic N) is 8. The van der Waals surface area contributed by atoms with Crippen LogP contribution in [0.25, 0.3) is 11.1 Å². The quantitative estimate of drug-likeness (QED) is 0.206. The Labute approximate surface area is 267 Å². The molecule has 14 heteroatoms. The lowest BCUT2D eigenvalue weighted by atomic mass is 9.90. The normalized spacial score (nSPS) is 19.7. The van der Waals surface area contributed by atoms with Crippen molar-refractivity contribution in [2.75, 3.05) is 51.9 Å². The number of rotatable bonds is 13. The van der Waals surface area contributed by atoms with Crippen LogP contribution in [0, 0.1) is 0 Å². The number of hydrogen-bond acceptors (Lipinski definition) is 11. The lowest BCUT2D eigenvalue weighted by molar-refractivity contribution is 0.00502. The topological polar surface area (TPSA) is 127 Å². The van der Waals surface area contributed by atoms with Gasteiger partial charge in [-0.15, -0.1) is 5.10 Å². The van der Waals surface area contributed by atoms with Crippen LogP contribution in [-0.4, -0.2) is 98.2 Å². The fourth-order valence-corrected chi connectivity index (χ4v) is 6.05. The van der Waals surface area contributed by atoms with Crippen molar-refractivity contribution in [3.05, 3.63) is 54.5 Å². The van der Waals surface area contributed by atoms with Crippen LogP contribution in [0.4, 0.5) is 11.6 Å². The summed E-state index contributed by atoms with van der Waals surface area (Å²) in [4.78, 5) is 15.7. The molecule has 1 aliphatic carbocycles. The van der Waals surface area contributed by atoms with Crippen LogP contribution in [0.2, 0.25) is 5.02 Å². The molecular formula is C31H40ClN9O4. The van der Waals surface area contributed by atoms with Gasteiger partial charge in [-0.3, -0.25) is 9.58 Å². The zero-order valence-electron chi connectivity index (χ0n) is 25.7. The van der Waals surface area contributed by atoms with Crippen LogP contribution in [-0.2, 0) is 16.0 Å². The Balaban J connectivity index is 1.11. The highest BCUT2D eigenvalue weighted by atomic mass is 35.5. The number of aromatic nitrogens is 7. The molecule has 13 nitrogen and oxygen atoms in total. The highest BCUT2D eigenvalue weighted by Gasteiger charge is 2.29. The first-order chi connectivity index (χ1) is 22.1. The van der Waals surface area contributed by atoms with Crippen LogP contribution < -0.4 is 14.8 Å². The Morgan fingerprint density at radius 1 is 1.04 bits per heavy atom. The Kier molecular flexibility index (Phi) is 10.4. The lowest BCUT2D eigenvalue weighted by Crippen LogP contribution is -2.45. The second-order valence-corrected chi connectivity index (χ2v) is 11.8. The van der Waals surface area contributed by atoms with E-state index in [9.17, 15) is 0 Å². The first-order valence-electron chi connectivity index (χ1n) is 15.5. The molecule has 0 radical (unpaired) electrons. The third kappa shape index (κ3) is 8.09. The average molecular weight is 638 g/mol. The lowest BCUT2D eigenvalue weighted by Gasteiger charge is -2.38. The van der Waals surface area contributed by atoms with Crippen molar-refractivity contribution in [1.29, 1.82) is 0 Å². The minimum Gasteiger partial charge on any atom is -0.487 e. The van der Waals surface area contributed by atoms with E-state index in [4.69, 9.17) is 35.6 Å². The summed E-state index contributed by atoms with van der Waals surface area (Å²) in [5, 5.41) is 12.8. The van der Waals surface area contributed by atoms with Crippen LogP contribution in [0.3, 0.4) is 0 Å². The number of halogens is 1. The molecule has 1 aromatic carbocycles. The van der Waals surface area contributed by atoms with Gasteiger partial charge < -0.3 is 24.3 Å². The van der Waals surface area contributed by atoms with Crippen molar-refractivity contribution in [3.63, 3.8) is 0 Å². The van der Waals surface area contributed by atoms with Crippen LogP contribution in [0.5, 0.6) is 11.6 Å². The van der Waals surface area contributed by atoms with Crippen molar-refractivity contribution < 1.29 is 18.9 Å². The molecule has 0 amide bonds. The van der Waals surface area contributed by atoms with Crippen molar-refractivity contribution >= 4 is 23.2 Å². The molecule has 1 saturated heterocycles. The molecule has 3 aromatic heterocycles. The molecule has 6 rings (SSSR count). The van der Waals surface area contributed by atoms with Gasteiger partial charge in [0.2, 0.25) is 5.95 Å². The van der Waals surface area contributed by atoms with E-state index < -0.39 is 0 Å². The Morgan fingerprint density at radius 3 is 2.56 bits per heavy atom. The highest BCUT2D eigenvalue weighted by molar-refractivity contribution is 6.32. The van der Waals surface area contributed by atoms with Gasteiger partial charge in [-0.1, -0.05) is 17.7 Å². The number of anilines is 2. The molecule has 2 aliphatic rings. The molecule has 2 fully saturated rings. The fraction of sp³-hybridized carbons (Fsp3) is 0.516. The molecule has 45 heavy (non-hydrogen) atoms. The standard InChI is InChI=1S/C31H40ClN9O4/c1-22(18-40-21-33-20-36-40)45-29-15-23(3-8-27(29)32)24-16-34-31(35-17-24)37-28-19-41(38-30(28)44-14-13-42-2)26-6-4-25(5-7-26)39-9-11-43-12-10-39/h3,8,15-17,19-22,25-26H,4-7,9-14,18H2,1-2H3,(H,34,35,37)/t22-,25?,26?/m0/s1. The predicted molar refractivity (Wildman–Crippen MR) is 169 cm³/mol.